The number of hydrogen-bond acceptors (Lipinski definition) is 2. The molecular formula is C18H22ClNO. The van der Waals surface area contributed by atoms with Gasteiger partial charge in [0, 0.05) is 37.3 Å². The van der Waals surface area contributed by atoms with Crippen LogP contribution in [-0.2, 0) is 4.74 Å². The molecule has 2 rings (SSSR count). The van der Waals surface area contributed by atoms with Crippen LogP contribution >= 0.6 is 11.6 Å². The van der Waals surface area contributed by atoms with Gasteiger partial charge in [-0.05, 0) is 35.4 Å². The number of anilines is 1. The SMILES string of the molecule is COCCN(C)c1ccc(C(C)c2ccc(Cl)cc2)cc1. The van der Waals surface area contributed by atoms with Gasteiger partial charge in [0.2, 0.25) is 0 Å². The molecule has 0 aliphatic carbocycles. The number of ether oxygens (including phenoxy) is 1. The Kier molecular flexibility index (Phi) is 5.66. The fourth-order valence-electron chi connectivity index (χ4n) is 2.32. The number of halogens is 1. The van der Waals surface area contributed by atoms with Crippen LogP contribution in [0.5, 0.6) is 0 Å². The fraction of sp³-hybridized carbons (Fsp3) is 0.333. The Hall–Kier alpha value is -1.51. The van der Waals surface area contributed by atoms with E-state index < -0.39 is 0 Å². The maximum absolute atomic E-state index is 5.94. The molecule has 112 valence electrons. The largest absolute Gasteiger partial charge is 0.383 e. The summed E-state index contributed by atoms with van der Waals surface area (Å²) in [5, 5.41) is 0.779. The molecule has 0 aliphatic heterocycles. The van der Waals surface area contributed by atoms with E-state index in [1.807, 2.05) is 12.1 Å². The Morgan fingerprint density at radius 3 is 2.05 bits per heavy atom. The van der Waals surface area contributed by atoms with Crippen LogP contribution in [0.25, 0.3) is 0 Å². The molecule has 0 aliphatic rings. The van der Waals surface area contributed by atoms with Crippen molar-refractivity contribution in [3.8, 4) is 0 Å². The molecule has 0 N–H and O–H groups in total. The van der Waals surface area contributed by atoms with Crippen LogP contribution in [-0.4, -0.2) is 27.3 Å². The van der Waals surface area contributed by atoms with Crippen molar-refractivity contribution in [3.63, 3.8) is 0 Å². The third kappa shape index (κ3) is 4.23. The van der Waals surface area contributed by atoms with Crippen molar-refractivity contribution in [1.82, 2.24) is 0 Å². The summed E-state index contributed by atoms with van der Waals surface area (Å²) in [6, 6.07) is 16.8. The van der Waals surface area contributed by atoms with Gasteiger partial charge in [0.15, 0.2) is 0 Å². The van der Waals surface area contributed by atoms with Gasteiger partial charge < -0.3 is 9.64 Å². The second-order valence-corrected chi connectivity index (χ2v) is 5.72. The standard InChI is InChI=1S/C18H22ClNO/c1-14(15-4-8-17(19)9-5-15)16-6-10-18(11-7-16)20(2)12-13-21-3/h4-11,14H,12-13H2,1-3H3. The molecule has 2 nitrogen and oxygen atoms in total. The van der Waals surface area contributed by atoms with E-state index in [0.717, 1.165) is 18.2 Å². The van der Waals surface area contributed by atoms with Gasteiger partial charge in [-0.1, -0.05) is 42.8 Å². The van der Waals surface area contributed by atoms with Crippen molar-refractivity contribution in [3.05, 3.63) is 64.7 Å². The Morgan fingerprint density at radius 1 is 1.00 bits per heavy atom. The van der Waals surface area contributed by atoms with Crippen LogP contribution in [0.4, 0.5) is 5.69 Å². The second-order valence-electron chi connectivity index (χ2n) is 5.28. The lowest BCUT2D eigenvalue weighted by atomic mass is 9.93. The molecule has 1 atom stereocenters. The van der Waals surface area contributed by atoms with Crippen molar-refractivity contribution in [2.75, 3.05) is 32.2 Å². The van der Waals surface area contributed by atoms with E-state index in [9.17, 15) is 0 Å². The first-order valence-electron chi connectivity index (χ1n) is 7.17. The summed E-state index contributed by atoms with van der Waals surface area (Å²) in [6.45, 7) is 3.84. The van der Waals surface area contributed by atoms with Gasteiger partial charge in [0.25, 0.3) is 0 Å². The van der Waals surface area contributed by atoms with Crippen LogP contribution in [0.1, 0.15) is 24.0 Å². The lowest BCUT2D eigenvalue weighted by molar-refractivity contribution is 0.206. The highest BCUT2D eigenvalue weighted by atomic mass is 35.5. The topological polar surface area (TPSA) is 12.5 Å². The highest BCUT2D eigenvalue weighted by Crippen LogP contribution is 2.26. The van der Waals surface area contributed by atoms with E-state index >= 15 is 0 Å². The molecule has 0 amide bonds. The second kappa shape index (κ2) is 7.48. The zero-order valence-corrected chi connectivity index (χ0v) is 13.6. The van der Waals surface area contributed by atoms with E-state index in [1.165, 1.54) is 16.8 Å². The molecule has 0 radical (unpaired) electrons. The number of likely N-dealkylation sites (N-methyl/N-ethyl adjacent to an activating group) is 1. The summed E-state index contributed by atoms with van der Waals surface area (Å²) in [4.78, 5) is 2.19. The van der Waals surface area contributed by atoms with Gasteiger partial charge in [-0.25, -0.2) is 0 Å². The van der Waals surface area contributed by atoms with E-state index in [0.29, 0.717) is 5.92 Å². The lowest BCUT2D eigenvalue weighted by Gasteiger charge is -2.20. The molecule has 0 fully saturated rings. The van der Waals surface area contributed by atoms with E-state index in [4.69, 9.17) is 16.3 Å². The van der Waals surface area contributed by atoms with Crippen LogP contribution < -0.4 is 4.90 Å². The Balaban J connectivity index is 2.09. The minimum atomic E-state index is 0.362. The highest BCUT2D eigenvalue weighted by molar-refractivity contribution is 6.30. The zero-order valence-electron chi connectivity index (χ0n) is 12.8. The van der Waals surface area contributed by atoms with Gasteiger partial charge >= 0.3 is 0 Å². The highest BCUT2D eigenvalue weighted by Gasteiger charge is 2.09. The molecule has 2 aromatic rings. The predicted molar refractivity (Wildman–Crippen MR) is 90.6 cm³/mol. The first kappa shape index (κ1) is 15.9. The van der Waals surface area contributed by atoms with Crippen LogP contribution in [0.15, 0.2) is 48.5 Å². The number of methoxy groups -OCH3 is 1. The average molecular weight is 304 g/mol. The molecule has 0 bridgehead atoms. The number of rotatable bonds is 6. The normalized spacial score (nSPS) is 12.2. The van der Waals surface area contributed by atoms with Gasteiger partial charge in [-0.15, -0.1) is 0 Å². The number of hydrogen-bond donors (Lipinski definition) is 0. The number of benzene rings is 2. The predicted octanol–water partition coefficient (Wildman–Crippen LogP) is 4.57. The summed E-state index contributed by atoms with van der Waals surface area (Å²) in [5.41, 5.74) is 3.79. The first-order valence-corrected chi connectivity index (χ1v) is 7.55. The summed E-state index contributed by atoms with van der Waals surface area (Å²) < 4.78 is 5.11. The van der Waals surface area contributed by atoms with E-state index in [2.05, 4.69) is 55.3 Å². The molecular weight excluding hydrogens is 282 g/mol. The van der Waals surface area contributed by atoms with Gasteiger partial charge in [-0.2, -0.15) is 0 Å². The van der Waals surface area contributed by atoms with Crippen molar-refractivity contribution < 1.29 is 4.74 Å². The van der Waals surface area contributed by atoms with E-state index in [1.54, 1.807) is 7.11 Å². The van der Waals surface area contributed by atoms with Crippen LogP contribution in [0, 0.1) is 0 Å². The molecule has 0 heterocycles. The Labute approximate surface area is 132 Å². The minimum Gasteiger partial charge on any atom is -0.383 e. The third-order valence-electron chi connectivity index (χ3n) is 3.83. The molecule has 0 spiro atoms. The number of nitrogens with zero attached hydrogens (tertiary/aromatic N) is 1. The van der Waals surface area contributed by atoms with Crippen molar-refractivity contribution in [2.24, 2.45) is 0 Å². The van der Waals surface area contributed by atoms with Crippen molar-refractivity contribution >= 4 is 17.3 Å². The molecule has 0 saturated carbocycles. The summed E-state index contributed by atoms with van der Waals surface area (Å²) >= 11 is 5.94. The molecule has 2 aromatic carbocycles. The maximum atomic E-state index is 5.94. The Bertz CT molecular complexity index is 550. The monoisotopic (exact) mass is 303 g/mol. The smallest absolute Gasteiger partial charge is 0.0637 e. The third-order valence-corrected chi connectivity index (χ3v) is 4.09. The van der Waals surface area contributed by atoms with E-state index in [-0.39, 0.29) is 0 Å². The van der Waals surface area contributed by atoms with Gasteiger partial charge in [-0.3, -0.25) is 0 Å². The van der Waals surface area contributed by atoms with Crippen molar-refractivity contribution in [2.45, 2.75) is 12.8 Å². The summed E-state index contributed by atoms with van der Waals surface area (Å²) in [6.07, 6.45) is 0. The maximum Gasteiger partial charge on any atom is 0.0637 e. The van der Waals surface area contributed by atoms with Gasteiger partial charge in [0.1, 0.15) is 0 Å². The van der Waals surface area contributed by atoms with Gasteiger partial charge in [0.05, 0.1) is 6.61 Å². The average Bonchev–Trinajstić information content (AvgIpc) is 2.53. The summed E-state index contributed by atoms with van der Waals surface area (Å²) in [5.74, 6) is 0.362. The van der Waals surface area contributed by atoms with Crippen LogP contribution in [0.2, 0.25) is 5.02 Å². The molecule has 0 saturated heterocycles. The minimum absolute atomic E-state index is 0.362. The Morgan fingerprint density at radius 2 is 1.52 bits per heavy atom. The van der Waals surface area contributed by atoms with Crippen LogP contribution in [0.3, 0.4) is 0 Å². The summed E-state index contributed by atoms with van der Waals surface area (Å²) in [7, 11) is 3.81. The molecule has 21 heavy (non-hydrogen) atoms. The lowest BCUT2D eigenvalue weighted by Crippen LogP contribution is -2.21. The first-order chi connectivity index (χ1) is 10.1. The van der Waals surface area contributed by atoms with Crippen molar-refractivity contribution in [1.29, 1.82) is 0 Å². The molecule has 1 unspecified atom stereocenters. The fourth-order valence-corrected chi connectivity index (χ4v) is 2.44. The molecule has 3 heteroatoms. The quantitative estimate of drug-likeness (QED) is 0.775. The zero-order chi connectivity index (χ0) is 15.2. The molecule has 0 aromatic heterocycles.